The minimum Gasteiger partial charge on any atom is -0.388 e. The van der Waals surface area contributed by atoms with Gasteiger partial charge in [-0.05, 0) is 23.1 Å². The molecule has 5 atom stereocenters. The van der Waals surface area contributed by atoms with Crippen LogP contribution in [-0.4, -0.2) is 71.1 Å². The Morgan fingerprint density at radius 3 is 2.42 bits per heavy atom. The molecule has 2 aromatic rings. The standard InChI is InChI=1S/C28H38N2O5S/c1-28(2,3)15-14-22(31)25(32)26(33)23(35-4)16-29-20-18-36-24-13-9-8-12-21(24)30(27(20)34)17-19-10-6-5-7-11-19/h5-15,20,22-23,25-26,29,31-33H,16-18H2,1-4H3/b15-14+/t20-,22+,23-,25-,26-/m0/s1. The van der Waals surface area contributed by atoms with Crippen LogP contribution in [0.2, 0.25) is 0 Å². The molecule has 0 radical (unpaired) electrons. The summed E-state index contributed by atoms with van der Waals surface area (Å²) in [6.45, 7) is 6.49. The Balaban J connectivity index is 1.71. The van der Waals surface area contributed by atoms with Gasteiger partial charge in [0.25, 0.3) is 0 Å². The number of methoxy groups -OCH3 is 1. The molecule has 0 spiro atoms. The van der Waals surface area contributed by atoms with Crippen molar-refractivity contribution in [2.24, 2.45) is 5.41 Å². The third-order valence-corrected chi connectivity index (χ3v) is 7.21. The van der Waals surface area contributed by atoms with Crippen molar-refractivity contribution in [3.63, 3.8) is 0 Å². The SMILES string of the molecule is CO[C@@H](CN[C@H]1CSc2ccccc2N(Cc2ccccc2)C1=O)[C@H](O)[C@@H](O)[C@H](O)/C=C/C(C)(C)C. The number of benzene rings is 2. The molecule has 0 saturated heterocycles. The van der Waals surface area contributed by atoms with Crippen molar-refractivity contribution in [1.82, 2.24) is 5.32 Å². The Morgan fingerprint density at radius 2 is 1.75 bits per heavy atom. The molecule has 0 bridgehead atoms. The topological polar surface area (TPSA) is 102 Å². The second-order valence-electron chi connectivity index (χ2n) is 10.1. The molecule has 0 unspecified atom stereocenters. The predicted molar refractivity (Wildman–Crippen MR) is 144 cm³/mol. The Morgan fingerprint density at radius 1 is 1.08 bits per heavy atom. The summed E-state index contributed by atoms with van der Waals surface area (Å²) in [6, 6.07) is 17.2. The molecule has 2 aromatic carbocycles. The lowest BCUT2D eigenvalue weighted by Crippen LogP contribution is -2.53. The fraction of sp³-hybridized carbons (Fsp3) is 0.464. The first-order valence-corrected chi connectivity index (χ1v) is 13.2. The van der Waals surface area contributed by atoms with Gasteiger partial charge in [-0.25, -0.2) is 0 Å². The van der Waals surface area contributed by atoms with Gasteiger partial charge in [0.05, 0.1) is 24.4 Å². The zero-order valence-electron chi connectivity index (χ0n) is 21.4. The van der Waals surface area contributed by atoms with Gasteiger partial charge in [-0.15, -0.1) is 11.8 Å². The molecule has 0 aliphatic carbocycles. The number of nitrogens with zero attached hydrogens (tertiary/aromatic N) is 1. The molecule has 0 fully saturated rings. The first kappa shape index (κ1) is 28.4. The van der Waals surface area contributed by atoms with E-state index < -0.39 is 30.5 Å². The molecule has 1 amide bonds. The first-order valence-electron chi connectivity index (χ1n) is 12.2. The van der Waals surface area contributed by atoms with Crippen LogP contribution < -0.4 is 10.2 Å². The fourth-order valence-corrected chi connectivity index (χ4v) is 5.06. The van der Waals surface area contributed by atoms with Gasteiger partial charge in [-0.3, -0.25) is 4.79 Å². The Bertz CT molecular complexity index is 1010. The number of para-hydroxylation sites is 1. The smallest absolute Gasteiger partial charge is 0.245 e. The number of anilines is 1. The van der Waals surface area contributed by atoms with E-state index in [0.29, 0.717) is 12.3 Å². The van der Waals surface area contributed by atoms with Crippen molar-refractivity contribution < 1.29 is 24.9 Å². The number of aliphatic hydroxyl groups excluding tert-OH is 3. The van der Waals surface area contributed by atoms with Gasteiger partial charge >= 0.3 is 0 Å². The number of aliphatic hydroxyl groups is 3. The van der Waals surface area contributed by atoms with Crippen molar-refractivity contribution >= 4 is 23.4 Å². The van der Waals surface area contributed by atoms with E-state index in [-0.39, 0.29) is 17.9 Å². The molecule has 1 aliphatic heterocycles. The summed E-state index contributed by atoms with van der Waals surface area (Å²) in [7, 11) is 1.43. The van der Waals surface area contributed by atoms with E-state index in [1.54, 1.807) is 22.7 Å². The largest absolute Gasteiger partial charge is 0.388 e. The third kappa shape index (κ3) is 7.65. The number of hydrogen-bond acceptors (Lipinski definition) is 7. The zero-order valence-corrected chi connectivity index (χ0v) is 22.2. The monoisotopic (exact) mass is 514 g/mol. The number of fused-ring (bicyclic) bond motifs is 1. The van der Waals surface area contributed by atoms with E-state index in [4.69, 9.17) is 4.74 Å². The third-order valence-electron chi connectivity index (χ3n) is 6.05. The number of hydrogen-bond donors (Lipinski definition) is 4. The number of amides is 1. The van der Waals surface area contributed by atoms with Crippen molar-refractivity contribution in [3.05, 3.63) is 72.3 Å². The number of rotatable bonds is 10. The molecule has 7 nitrogen and oxygen atoms in total. The van der Waals surface area contributed by atoms with Crippen LogP contribution in [0.5, 0.6) is 0 Å². The summed E-state index contributed by atoms with van der Waals surface area (Å²) in [5, 5.41) is 34.8. The lowest BCUT2D eigenvalue weighted by Gasteiger charge is -2.30. The van der Waals surface area contributed by atoms with Crippen LogP contribution >= 0.6 is 11.8 Å². The highest BCUT2D eigenvalue weighted by Gasteiger charge is 2.34. The van der Waals surface area contributed by atoms with E-state index >= 15 is 0 Å². The molecule has 4 N–H and O–H groups in total. The Labute approximate surface area is 218 Å². The zero-order chi connectivity index (χ0) is 26.3. The first-order chi connectivity index (χ1) is 17.1. The lowest BCUT2D eigenvalue weighted by molar-refractivity contribution is -0.121. The molecule has 196 valence electrons. The summed E-state index contributed by atoms with van der Waals surface area (Å²) in [4.78, 5) is 16.5. The normalized spacial score (nSPS) is 20.0. The number of nitrogens with one attached hydrogen (secondary N) is 1. The molecule has 1 aliphatic rings. The van der Waals surface area contributed by atoms with Gasteiger partial charge in [0, 0.05) is 24.3 Å². The van der Waals surface area contributed by atoms with Crippen LogP contribution in [0.25, 0.3) is 0 Å². The summed E-state index contributed by atoms with van der Waals surface area (Å²) < 4.78 is 5.43. The molecule has 1 heterocycles. The molecule has 3 rings (SSSR count). The van der Waals surface area contributed by atoms with Crippen LogP contribution in [-0.2, 0) is 16.1 Å². The number of thioether (sulfide) groups is 1. The van der Waals surface area contributed by atoms with E-state index in [9.17, 15) is 20.1 Å². The molecule has 0 aromatic heterocycles. The van der Waals surface area contributed by atoms with E-state index in [2.05, 4.69) is 5.32 Å². The van der Waals surface area contributed by atoms with Gasteiger partial charge in [0.1, 0.15) is 18.3 Å². The van der Waals surface area contributed by atoms with Gasteiger partial charge < -0.3 is 30.3 Å². The van der Waals surface area contributed by atoms with Crippen molar-refractivity contribution in [3.8, 4) is 0 Å². The van der Waals surface area contributed by atoms with Crippen LogP contribution in [0, 0.1) is 5.41 Å². The van der Waals surface area contributed by atoms with Gasteiger partial charge in [-0.1, -0.05) is 75.4 Å². The molecule has 0 saturated carbocycles. The number of ether oxygens (including phenoxy) is 1. The molecular weight excluding hydrogens is 476 g/mol. The highest BCUT2D eigenvalue weighted by atomic mass is 32.2. The van der Waals surface area contributed by atoms with Crippen molar-refractivity contribution in [2.75, 3.05) is 24.3 Å². The van der Waals surface area contributed by atoms with Crippen LogP contribution in [0.1, 0.15) is 26.3 Å². The Hall–Kier alpha value is -2.20. The van der Waals surface area contributed by atoms with E-state index in [1.807, 2.05) is 75.4 Å². The number of carbonyl (C=O) groups excluding carboxylic acids is 1. The maximum absolute atomic E-state index is 13.7. The summed E-state index contributed by atoms with van der Waals surface area (Å²) in [5.41, 5.74) is 1.72. The molecule has 36 heavy (non-hydrogen) atoms. The molecular formula is C28H38N2O5S. The average Bonchev–Trinajstić information content (AvgIpc) is 2.99. The fourth-order valence-electron chi connectivity index (χ4n) is 3.95. The van der Waals surface area contributed by atoms with Crippen molar-refractivity contribution in [2.45, 2.75) is 62.7 Å². The van der Waals surface area contributed by atoms with E-state index in [1.165, 1.54) is 13.2 Å². The van der Waals surface area contributed by atoms with Crippen LogP contribution in [0.3, 0.4) is 0 Å². The highest BCUT2D eigenvalue weighted by molar-refractivity contribution is 7.99. The van der Waals surface area contributed by atoms with Gasteiger partial charge in [0.15, 0.2) is 0 Å². The average molecular weight is 515 g/mol. The van der Waals surface area contributed by atoms with Gasteiger partial charge in [-0.2, -0.15) is 0 Å². The molecule has 8 heteroatoms. The quantitative estimate of drug-likeness (QED) is 0.362. The van der Waals surface area contributed by atoms with Gasteiger partial charge in [0.2, 0.25) is 5.91 Å². The second-order valence-corrected chi connectivity index (χ2v) is 11.2. The maximum atomic E-state index is 13.7. The number of allylic oxidation sites excluding steroid dienone is 1. The minimum atomic E-state index is -1.44. The maximum Gasteiger partial charge on any atom is 0.245 e. The summed E-state index contributed by atoms with van der Waals surface area (Å²) >= 11 is 1.60. The Kier molecular flexibility index (Phi) is 10.1. The van der Waals surface area contributed by atoms with E-state index in [0.717, 1.165) is 16.1 Å². The summed E-state index contributed by atoms with van der Waals surface area (Å²) in [6.07, 6.45) is -1.60. The predicted octanol–water partition coefficient (Wildman–Crippen LogP) is 2.98. The second kappa shape index (κ2) is 12.9. The summed E-state index contributed by atoms with van der Waals surface area (Å²) in [5.74, 6) is 0.432. The minimum absolute atomic E-state index is 0.0747. The van der Waals surface area contributed by atoms with Crippen LogP contribution in [0.15, 0.2) is 71.6 Å². The lowest BCUT2D eigenvalue weighted by atomic mass is 9.94. The number of carbonyl (C=O) groups is 1. The van der Waals surface area contributed by atoms with Crippen molar-refractivity contribution in [1.29, 1.82) is 0 Å². The van der Waals surface area contributed by atoms with Crippen LogP contribution in [0.4, 0.5) is 5.69 Å². The highest BCUT2D eigenvalue weighted by Crippen LogP contribution is 2.35.